The second-order valence-corrected chi connectivity index (χ2v) is 7.03. The molecule has 3 aromatic rings. The van der Waals surface area contributed by atoms with Crippen molar-refractivity contribution in [2.45, 2.75) is 38.8 Å². The first-order chi connectivity index (χ1) is 12.0. The number of rotatable bonds is 3. The highest BCUT2D eigenvalue weighted by atomic mass is 19.1. The Kier molecular flexibility index (Phi) is 3.72. The molecule has 0 amide bonds. The minimum atomic E-state index is -0.546. The molecule has 0 fully saturated rings. The van der Waals surface area contributed by atoms with Crippen LogP contribution >= 0.6 is 0 Å². The van der Waals surface area contributed by atoms with E-state index in [0.29, 0.717) is 17.8 Å². The highest BCUT2D eigenvalue weighted by Crippen LogP contribution is 2.32. The van der Waals surface area contributed by atoms with Crippen molar-refractivity contribution in [2.75, 3.05) is 6.54 Å². The van der Waals surface area contributed by atoms with Gasteiger partial charge in [-0.3, -0.25) is 0 Å². The van der Waals surface area contributed by atoms with Gasteiger partial charge >= 0.3 is 0 Å². The zero-order valence-electron chi connectivity index (χ0n) is 14.6. The van der Waals surface area contributed by atoms with Gasteiger partial charge in [0.1, 0.15) is 11.5 Å². The van der Waals surface area contributed by atoms with Crippen molar-refractivity contribution in [1.29, 1.82) is 0 Å². The Morgan fingerprint density at radius 3 is 2.92 bits per heavy atom. The monoisotopic (exact) mass is 340 g/mol. The van der Waals surface area contributed by atoms with Gasteiger partial charge in [-0.1, -0.05) is 17.3 Å². The number of benzene rings is 1. The van der Waals surface area contributed by atoms with Crippen LogP contribution in [0, 0.1) is 5.82 Å². The first-order valence-electron chi connectivity index (χ1n) is 8.50. The molecule has 1 aromatic carbocycles. The summed E-state index contributed by atoms with van der Waals surface area (Å²) < 4.78 is 21.4. The maximum Gasteiger partial charge on any atom is 0.274 e. The molecule has 25 heavy (non-hydrogen) atoms. The maximum atomic E-state index is 13.6. The molecule has 2 aromatic heterocycles. The average Bonchev–Trinajstić information content (AvgIpc) is 3.22. The SMILES string of the molecule is CC1NCCn2c(-c3nc(C(C)(C)c4cccc(F)c4)no3)ccc21. The molecule has 1 unspecified atom stereocenters. The molecule has 1 aliphatic rings. The van der Waals surface area contributed by atoms with E-state index in [4.69, 9.17) is 4.52 Å². The molecule has 3 heterocycles. The van der Waals surface area contributed by atoms with Gasteiger partial charge in [0, 0.05) is 24.8 Å². The second kappa shape index (κ2) is 5.81. The fraction of sp³-hybridized carbons (Fsp3) is 0.368. The Morgan fingerprint density at radius 2 is 2.12 bits per heavy atom. The maximum absolute atomic E-state index is 13.6. The van der Waals surface area contributed by atoms with Crippen LogP contribution in [-0.2, 0) is 12.0 Å². The number of hydrogen-bond acceptors (Lipinski definition) is 4. The zero-order valence-corrected chi connectivity index (χ0v) is 14.6. The van der Waals surface area contributed by atoms with Crippen molar-refractivity contribution < 1.29 is 8.91 Å². The van der Waals surface area contributed by atoms with Gasteiger partial charge in [-0.2, -0.15) is 4.98 Å². The van der Waals surface area contributed by atoms with Crippen molar-refractivity contribution in [3.8, 4) is 11.6 Å². The van der Waals surface area contributed by atoms with Crippen LogP contribution in [-0.4, -0.2) is 21.3 Å². The first-order valence-corrected chi connectivity index (χ1v) is 8.50. The lowest BCUT2D eigenvalue weighted by Crippen LogP contribution is -2.31. The first kappa shape index (κ1) is 16.0. The molecule has 1 N–H and O–H groups in total. The fourth-order valence-electron chi connectivity index (χ4n) is 3.38. The molecule has 0 saturated carbocycles. The van der Waals surface area contributed by atoms with Crippen LogP contribution in [0.2, 0.25) is 0 Å². The quantitative estimate of drug-likeness (QED) is 0.790. The zero-order chi connectivity index (χ0) is 17.6. The molecular weight excluding hydrogens is 319 g/mol. The van der Waals surface area contributed by atoms with Crippen LogP contribution in [0.5, 0.6) is 0 Å². The van der Waals surface area contributed by atoms with Crippen molar-refractivity contribution in [2.24, 2.45) is 0 Å². The number of halogens is 1. The summed E-state index contributed by atoms with van der Waals surface area (Å²) in [6.45, 7) is 7.85. The molecule has 5 nitrogen and oxygen atoms in total. The van der Waals surface area contributed by atoms with E-state index in [2.05, 4.69) is 33.0 Å². The van der Waals surface area contributed by atoms with E-state index < -0.39 is 5.41 Å². The minimum absolute atomic E-state index is 0.267. The molecule has 0 bridgehead atoms. The third-order valence-corrected chi connectivity index (χ3v) is 4.99. The number of nitrogens with one attached hydrogen (secondary N) is 1. The number of fused-ring (bicyclic) bond motifs is 1. The molecule has 0 radical (unpaired) electrons. The van der Waals surface area contributed by atoms with Gasteiger partial charge < -0.3 is 14.4 Å². The van der Waals surface area contributed by atoms with Gasteiger partial charge in [0.15, 0.2) is 5.82 Å². The highest BCUT2D eigenvalue weighted by Gasteiger charge is 2.30. The van der Waals surface area contributed by atoms with E-state index in [9.17, 15) is 4.39 Å². The Labute approximate surface area is 145 Å². The Bertz CT molecular complexity index is 912. The average molecular weight is 340 g/mol. The summed E-state index contributed by atoms with van der Waals surface area (Å²) in [6, 6.07) is 10.9. The topological polar surface area (TPSA) is 55.9 Å². The fourth-order valence-corrected chi connectivity index (χ4v) is 3.38. The van der Waals surface area contributed by atoms with Crippen LogP contribution in [0.4, 0.5) is 4.39 Å². The second-order valence-electron chi connectivity index (χ2n) is 7.03. The van der Waals surface area contributed by atoms with E-state index in [-0.39, 0.29) is 5.82 Å². The summed E-state index contributed by atoms with van der Waals surface area (Å²) in [4.78, 5) is 4.62. The van der Waals surface area contributed by atoms with Crippen LogP contribution in [0.1, 0.15) is 43.9 Å². The Balaban J connectivity index is 1.71. The van der Waals surface area contributed by atoms with Crippen molar-refractivity contribution in [1.82, 2.24) is 20.0 Å². The largest absolute Gasteiger partial charge is 0.338 e. The lowest BCUT2D eigenvalue weighted by molar-refractivity contribution is 0.400. The standard InChI is InChI=1S/C19H21FN4O/c1-12-15-7-8-16(24(15)10-9-21-12)17-22-18(23-25-17)19(2,3)13-5-4-6-14(20)11-13/h4-8,11-12,21H,9-10H2,1-3H3. The van der Waals surface area contributed by atoms with Crippen LogP contribution < -0.4 is 5.32 Å². The molecule has 1 atom stereocenters. The van der Waals surface area contributed by atoms with Gasteiger partial charge in [0.25, 0.3) is 5.89 Å². The smallest absolute Gasteiger partial charge is 0.274 e. The summed E-state index contributed by atoms with van der Waals surface area (Å²) in [5, 5.41) is 7.62. The van der Waals surface area contributed by atoms with Gasteiger partial charge in [0.2, 0.25) is 0 Å². The molecule has 4 rings (SSSR count). The van der Waals surface area contributed by atoms with Gasteiger partial charge in [0.05, 0.1) is 5.41 Å². The summed E-state index contributed by atoms with van der Waals surface area (Å²) in [5.41, 5.74) is 2.41. The van der Waals surface area contributed by atoms with Gasteiger partial charge in [-0.15, -0.1) is 0 Å². The third kappa shape index (κ3) is 2.66. The normalized spacial score (nSPS) is 17.5. The van der Waals surface area contributed by atoms with Crippen molar-refractivity contribution >= 4 is 0 Å². The van der Waals surface area contributed by atoms with E-state index in [0.717, 1.165) is 24.3 Å². The lowest BCUT2D eigenvalue weighted by Gasteiger charge is -2.24. The van der Waals surface area contributed by atoms with E-state index >= 15 is 0 Å². The predicted molar refractivity (Wildman–Crippen MR) is 92.7 cm³/mol. The molecule has 0 spiro atoms. The van der Waals surface area contributed by atoms with Crippen LogP contribution in [0.25, 0.3) is 11.6 Å². The number of aromatic nitrogens is 3. The van der Waals surface area contributed by atoms with Crippen molar-refractivity contribution in [3.63, 3.8) is 0 Å². The highest BCUT2D eigenvalue weighted by molar-refractivity contribution is 5.51. The molecular formula is C19H21FN4O. The van der Waals surface area contributed by atoms with E-state index in [1.807, 2.05) is 26.0 Å². The molecule has 130 valence electrons. The molecule has 0 aliphatic carbocycles. The third-order valence-electron chi connectivity index (χ3n) is 4.99. The molecule has 1 aliphatic heterocycles. The molecule has 6 heteroatoms. The molecule has 0 saturated heterocycles. The van der Waals surface area contributed by atoms with Gasteiger partial charge in [-0.25, -0.2) is 4.39 Å². The summed E-state index contributed by atoms with van der Waals surface area (Å²) in [6.07, 6.45) is 0. The predicted octanol–water partition coefficient (Wildman–Crippen LogP) is 3.67. The summed E-state index contributed by atoms with van der Waals surface area (Å²) in [7, 11) is 0. The van der Waals surface area contributed by atoms with Gasteiger partial charge in [-0.05, 0) is 50.6 Å². The Hall–Kier alpha value is -2.47. The number of nitrogens with zero attached hydrogens (tertiary/aromatic N) is 3. The lowest BCUT2D eigenvalue weighted by atomic mass is 9.84. The summed E-state index contributed by atoms with van der Waals surface area (Å²) in [5.74, 6) is 0.780. The van der Waals surface area contributed by atoms with Crippen molar-refractivity contribution in [3.05, 3.63) is 59.3 Å². The van der Waals surface area contributed by atoms with E-state index in [1.54, 1.807) is 6.07 Å². The van der Waals surface area contributed by atoms with Crippen LogP contribution in [0.3, 0.4) is 0 Å². The minimum Gasteiger partial charge on any atom is -0.338 e. The Morgan fingerprint density at radius 1 is 1.28 bits per heavy atom. The van der Waals surface area contributed by atoms with E-state index in [1.165, 1.54) is 17.8 Å². The van der Waals surface area contributed by atoms with Crippen LogP contribution in [0.15, 0.2) is 40.9 Å². The number of hydrogen-bond donors (Lipinski definition) is 1. The summed E-state index contributed by atoms with van der Waals surface area (Å²) >= 11 is 0.